The van der Waals surface area contributed by atoms with Crippen LogP contribution in [-0.2, 0) is 0 Å². The van der Waals surface area contributed by atoms with E-state index in [2.05, 4.69) is 4.90 Å². The van der Waals surface area contributed by atoms with Crippen LogP contribution < -0.4 is 4.90 Å². The molecule has 1 aliphatic carbocycles. The smallest absolute Gasteiger partial charge is 0.292 e. The second-order valence-corrected chi connectivity index (χ2v) is 5.52. The van der Waals surface area contributed by atoms with Crippen molar-refractivity contribution < 1.29 is 10.0 Å². The summed E-state index contributed by atoms with van der Waals surface area (Å²) in [5.74, 6) is 0.658. The molecule has 1 atom stereocenters. The molecule has 110 valence electrons. The lowest BCUT2D eigenvalue weighted by Crippen LogP contribution is -2.32. The number of hydrogen-bond donors (Lipinski definition) is 1. The molecule has 1 N–H and O–H groups in total. The van der Waals surface area contributed by atoms with Crippen LogP contribution in [0.2, 0.25) is 0 Å². The van der Waals surface area contributed by atoms with Crippen LogP contribution in [0.25, 0.3) is 0 Å². The monoisotopic (exact) mass is 278 g/mol. The Kier molecular flexibility index (Phi) is 4.60. The molecule has 1 aromatic rings. The van der Waals surface area contributed by atoms with Crippen molar-refractivity contribution in [3.05, 3.63) is 33.9 Å². The first kappa shape index (κ1) is 14.8. The number of anilines is 1. The molecule has 2 rings (SSSR count). The van der Waals surface area contributed by atoms with Crippen LogP contribution in [0.15, 0.2) is 18.2 Å². The van der Waals surface area contributed by atoms with Gasteiger partial charge in [-0.1, -0.05) is 12.5 Å². The number of nitro groups is 1. The van der Waals surface area contributed by atoms with Crippen molar-refractivity contribution in [3.63, 3.8) is 0 Å². The Morgan fingerprint density at radius 3 is 2.65 bits per heavy atom. The average Bonchev–Trinajstić information content (AvgIpc) is 2.37. The molecule has 0 amide bonds. The summed E-state index contributed by atoms with van der Waals surface area (Å²) in [5.41, 5.74) is 1.33. The van der Waals surface area contributed by atoms with Gasteiger partial charge in [-0.2, -0.15) is 0 Å². The maximum absolute atomic E-state index is 11.3. The number of nitro benzene ring substituents is 1. The topological polar surface area (TPSA) is 66.6 Å². The minimum atomic E-state index is -0.690. The molecule has 20 heavy (non-hydrogen) atoms. The molecule has 1 unspecified atom stereocenters. The van der Waals surface area contributed by atoms with Gasteiger partial charge in [0.05, 0.1) is 11.0 Å². The first-order valence-corrected chi connectivity index (χ1v) is 7.24. The molecule has 0 heterocycles. The molecule has 0 radical (unpaired) electrons. The zero-order valence-corrected chi connectivity index (χ0v) is 12.1. The highest BCUT2D eigenvalue weighted by Crippen LogP contribution is 2.34. The third-order valence-corrected chi connectivity index (χ3v) is 4.10. The van der Waals surface area contributed by atoms with Crippen molar-refractivity contribution >= 4 is 11.4 Å². The van der Waals surface area contributed by atoms with Crippen LogP contribution in [0.5, 0.6) is 0 Å². The molecule has 1 aliphatic rings. The number of benzene rings is 1. The van der Waals surface area contributed by atoms with Crippen LogP contribution in [-0.4, -0.2) is 23.1 Å². The second-order valence-electron chi connectivity index (χ2n) is 5.52. The first-order chi connectivity index (χ1) is 9.52. The largest absolute Gasteiger partial charge is 0.389 e. The molecule has 1 aromatic carbocycles. The maximum atomic E-state index is 11.3. The molecule has 5 heteroatoms. The van der Waals surface area contributed by atoms with Crippen molar-refractivity contribution in [3.8, 4) is 0 Å². The van der Waals surface area contributed by atoms with Gasteiger partial charge in [0.1, 0.15) is 5.69 Å². The molecular weight excluding hydrogens is 256 g/mol. The number of rotatable bonds is 6. The lowest BCUT2D eigenvalue weighted by atomic mass is 9.85. The van der Waals surface area contributed by atoms with Gasteiger partial charge in [-0.25, -0.2) is 0 Å². The highest BCUT2D eigenvalue weighted by Gasteiger charge is 2.25. The summed E-state index contributed by atoms with van der Waals surface area (Å²) in [7, 11) is 0. The van der Waals surface area contributed by atoms with Crippen LogP contribution in [0.3, 0.4) is 0 Å². The van der Waals surface area contributed by atoms with E-state index < -0.39 is 6.10 Å². The molecule has 0 spiro atoms. The van der Waals surface area contributed by atoms with E-state index in [-0.39, 0.29) is 10.6 Å². The highest BCUT2D eigenvalue weighted by atomic mass is 16.6. The average molecular weight is 278 g/mol. The summed E-state index contributed by atoms with van der Waals surface area (Å²) < 4.78 is 0. The van der Waals surface area contributed by atoms with Crippen molar-refractivity contribution in [2.45, 2.75) is 39.2 Å². The summed E-state index contributed by atoms with van der Waals surface area (Å²) >= 11 is 0. The van der Waals surface area contributed by atoms with E-state index in [9.17, 15) is 15.2 Å². The Hall–Kier alpha value is -1.62. The van der Waals surface area contributed by atoms with Gasteiger partial charge in [0.2, 0.25) is 0 Å². The fourth-order valence-corrected chi connectivity index (χ4v) is 2.60. The van der Waals surface area contributed by atoms with E-state index in [1.807, 2.05) is 6.92 Å². The SMILES string of the molecule is CCN(CC1CCC1)c1ccc(C(C)O)cc1[N+](=O)[O-]. The first-order valence-electron chi connectivity index (χ1n) is 7.24. The Labute approximate surface area is 119 Å². The Morgan fingerprint density at radius 1 is 1.50 bits per heavy atom. The lowest BCUT2D eigenvalue weighted by molar-refractivity contribution is -0.384. The van der Waals surface area contributed by atoms with E-state index in [1.165, 1.54) is 25.3 Å². The fraction of sp³-hybridized carbons (Fsp3) is 0.600. The minimum Gasteiger partial charge on any atom is -0.389 e. The molecule has 5 nitrogen and oxygen atoms in total. The highest BCUT2D eigenvalue weighted by molar-refractivity contribution is 5.64. The van der Waals surface area contributed by atoms with E-state index >= 15 is 0 Å². The molecular formula is C15H22N2O3. The summed E-state index contributed by atoms with van der Waals surface area (Å²) in [4.78, 5) is 13.0. The summed E-state index contributed by atoms with van der Waals surface area (Å²) in [6.07, 6.45) is 3.02. The third-order valence-electron chi connectivity index (χ3n) is 4.10. The van der Waals surface area contributed by atoms with E-state index in [0.717, 1.165) is 13.1 Å². The van der Waals surface area contributed by atoms with Crippen LogP contribution in [0, 0.1) is 16.0 Å². The predicted octanol–water partition coefficient (Wildman–Crippen LogP) is 3.27. The van der Waals surface area contributed by atoms with Gasteiger partial charge in [-0.15, -0.1) is 0 Å². The van der Waals surface area contributed by atoms with Crippen molar-refractivity contribution in [2.24, 2.45) is 5.92 Å². The van der Waals surface area contributed by atoms with Crippen LogP contribution in [0.1, 0.15) is 44.8 Å². The minimum absolute atomic E-state index is 0.0876. The lowest BCUT2D eigenvalue weighted by Gasteiger charge is -2.33. The molecule has 0 aromatic heterocycles. The molecule has 1 fully saturated rings. The normalized spacial score (nSPS) is 16.6. The van der Waals surface area contributed by atoms with Crippen molar-refractivity contribution in [1.82, 2.24) is 0 Å². The Morgan fingerprint density at radius 2 is 2.20 bits per heavy atom. The third kappa shape index (κ3) is 3.10. The van der Waals surface area contributed by atoms with Gasteiger partial charge in [-0.05, 0) is 44.2 Å². The van der Waals surface area contributed by atoms with Gasteiger partial charge in [0.25, 0.3) is 5.69 Å². The number of hydrogen-bond acceptors (Lipinski definition) is 4. The van der Waals surface area contributed by atoms with Gasteiger partial charge in [-0.3, -0.25) is 10.1 Å². The fourth-order valence-electron chi connectivity index (χ4n) is 2.60. The number of aliphatic hydroxyl groups is 1. The standard InChI is InChI=1S/C15H22N2O3/c1-3-16(10-12-5-4-6-12)14-8-7-13(11(2)18)9-15(14)17(19)20/h7-9,11-12,18H,3-6,10H2,1-2H3. The maximum Gasteiger partial charge on any atom is 0.292 e. The van der Waals surface area contributed by atoms with Crippen molar-refractivity contribution in [2.75, 3.05) is 18.0 Å². The summed E-state index contributed by atoms with van der Waals surface area (Å²) in [5, 5.41) is 20.9. The van der Waals surface area contributed by atoms with E-state index in [1.54, 1.807) is 19.1 Å². The van der Waals surface area contributed by atoms with Gasteiger partial charge in [0.15, 0.2) is 0 Å². The van der Waals surface area contributed by atoms with Gasteiger partial charge in [0, 0.05) is 19.2 Å². The molecule has 0 aliphatic heterocycles. The van der Waals surface area contributed by atoms with E-state index in [0.29, 0.717) is 17.2 Å². The van der Waals surface area contributed by atoms with Crippen molar-refractivity contribution in [1.29, 1.82) is 0 Å². The van der Waals surface area contributed by atoms with Gasteiger partial charge < -0.3 is 10.0 Å². The van der Waals surface area contributed by atoms with Gasteiger partial charge >= 0.3 is 0 Å². The predicted molar refractivity (Wildman–Crippen MR) is 79.0 cm³/mol. The Bertz CT molecular complexity index is 484. The summed E-state index contributed by atoms with van der Waals surface area (Å²) in [6.45, 7) is 5.27. The molecule has 0 bridgehead atoms. The summed E-state index contributed by atoms with van der Waals surface area (Å²) in [6, 6.07) is 5.03. The number of aliphatic hydroxyl groups excluding tert-OH is 1. The number of nitrogens with zero attached hydrogens (tertiary/aromatic N) is 2. The zero-order chi connectivity index (χ0) is 14.7. The Balaban J connectivity index is 2.29. The quantitative estimate of drug-likeness (QED) is 0.640. The van der Waals surface area contributed by atoms with Crippen LogP contribution in [0.4, 0.5) is 11.4 Å². The molecule has 0 saturated heterocycles. The van der Waals surface area contributed by atoms with E-state index in [4.69, 9.17) is 0 Å². The second kappa shape index (κ2) is 6.22. The molecule has 1 saturated carbocycles. The zero-order valence-electron chi connectivity index (χ0n) is 12.1. The van der Waals surface area contributed by atoms with Crippen LogP contribution >= 0.6 is 0 Å².